The second-order valence-electron chi connectivity index (χ2n) is 4.44. The van der Waals surface area contributed by atoms with E-state index in [4.69, 9.17) is 22.1 Å². The molecule has 0 amide bonds. The zero-order chi connectivity index (χ0) is 13.8. The highest BCUT2D eigenvalue weighted by molar-refractivity contribution is 6.34. The Morgan fingerprint density at radius 2 is 2.00 bits per heavy atom. The van der Waals surface area contributed by atoms with Crippen LogP contribution in [0.3, 0.4) is 0 Å². The minimum Gasteiger partial charge on any atom is -0.353 e. The maximum absolute atomic E-state index is 8.96. The first-order valence-electron chi connectivity index (χ1n) is 6.10. The molecule has 0 spiro atoms. The summed E-state index contributed by atoms with van der Waals surface area (Å²) < 4.78 is 0. The Balaban J connectivity index is 2.11. The van der Waals surface area contributed by atoms with E-state index in [9.17, 15) is 0 Å². The Bertz CT molecular complexity index is 537. The molecule has 1 saturated heterocycles. The van der Waals surface area contributed by atoms with E-state index in [0.717, 1.165) is 26.2 Å². The number of hydrogen-bond donors (Lipinski definition) is 0. The van der Waals surface area contributed by atoms with Crippen molar-refractivity contribution in [2.45, 2.75) is 13.0 Å². The quantitative estimate of drug-likeness (QED) is 0.821. The molecule has 1 atom stereocenters. The van der Waals surface area contributed by atoms with E-state index in [0.29, 0.717) is 16.4 Å². The first kappa shape index (κ1) is 13.6. The molecule has 2 rings (SSSR count). The van der Waals surface area contributed by atoms with E-state index in [1.807, 2.05) is 6.92 Å². The Hall–Kier alpha value is -1.82. The van der Waals surface area contributed by atoms with Gasteiger partial charge in [-0.1, -0.05) is 11.6 Å². The molecule has 0 saturated carbocycles. The Morgan fingerprint density at radius 3 is 2.58 bits per heavy atom. The topological polar surface area (TPSA) is 67.0 Å². The highest BCUT2D eigenvalue weighted by atomic mass is 35.5. The first-order valence-corrected chi connectivity index (χ1v) is 6.48. The van der Waals surface area contributed by atoms with E-state index >= 15 is 0 Å². The fraction of sp³-hybridized carbons (Fsp3) is 0.462. The maximum atomic E-state index is 8.96. The lowest BCUT2D eigenvalue weighted by molar-refractivity contribution is 0.231. The van der Waals surface area contributed by atoms with Gasteiger partial charge in [0.15, 0.2) is 0 Å². The molecule has 0 N–H and O–H groups in total. The average molecular weight is 276 g/mol. The van der Waals surface area contributed by atoms with Crippen molar-refractivity contribution in [1.29, 1.82) is 10.5 Å². The molecule has 1 fully saturated rings. The van der Waals surface area contributed by atoms with Gasteiger partial charge in [-0.05, 0) is 13.0 Å². The Kier molecular flexibility index (Phi) is 4.21. The minimum atomic E-state index is -0.0731. The lowest BCUT2D eigenvalue weighted by atomic mass is 10.2. The molecule has 98 valence electrons. The van der Waals surface area contributed by atoms with Crippen LogP contribution in [0.1, 0.15) is 12.5 Å². The Labute approximate surface area is 117 Å². The van der Waals surface area contributed by atoms with Crippen molar-refractivity contribution in [3.8, 4) is 12.1 Å². The largest absolute Gasteiger partial charge is 0.353 e. The van der Waals surface area contributed by atoms with Crippen LogP contribution in [0.5, 0.6) is 0 Å². The van der Waals surface area contributed by atoms with Crippen molar-refractivity contribution in [2.75, 3.05) is 31.1 Å². The van der Waals surface area contributed by atoms with Crippen molar-refractivity contribution in [1.82, 2.24) is 9.88 Å². The monoisotopic (exact) mass is 275 g/mol. The number of aromatic nitrogens is 1. The summed E-state index contributed by atoms with van der Waals surface area (Å²) >= 11 is 6.18. The fourth-order valence-corrected chi connectivity index (χ4v) is 2.42. The van der Waals surface area contributed by atoms with Gasteiger partial charge in [-0.2, -0.15) is 10.5 Å². The summed E-state index contributed by atoms with van der Waals surface area (Å²) in [5.74, 6) is 0.657. The number of nitriles is 2. The summed E-state index contributed by atoms with van der Waals surface area (Å²) in [5.41, 5.74) is 0.444. The third kappa shape index (κ3) is 2.78. The normalized spacial score (nSPS) is 17.6. The molecular formula is C13H14ClN5. The zero-order valence-corrected chi connectivity index (χ0v) is 11.4. The average Bonchev–Trinajstić information content (AvgIpc) is 2.47. The summed E-state index contributed by atoms with van der Waals surface area (Å²) in [4.78, 5) is 8.44. The summed E-state index contributed by atoms with van der Waals surface area (Å²) in [5, 5.41) is 18.3. The predicted octanol–water partition coefficient (Wildman–Crippen LogP) is 1.64. The van der Waals surface area contributed by atoms with Crippen LogP contribution in [0.25, 0.3) is 0 Å². The van der Waals surface area contributed by atoms with Gasteiger partial charge in [0, 0.05) is 32.4 Å². The lowest BCUT2D eigenvalue weighted by Gasteiger charge is -2.36. The molecule has 0 bridgehead atoms. The van der Waals surface area contributed by atoms with E-state index in [1.54, 1.807) is 12.3 Å². The van der Waals surface area contributed by atoms with Crippen LogP contribution in [-0.2, 0) is 0 Å². The molecule has 1 aliphatic heterocycles. The number of hydrogen-bond acceptors (Lipinski definition) is 5. The second kappa shape index (κ2) is 5.88. The van der Waals surface area contributed by atoms with E-state index in [1.165, 1.54) is 0 Å². The van der Waals surface area contributed by atoms with Crippen LogP contribution < -0.4 is 4.90 Å². The van der Waals surface area contributed by atoms with Crippen molar-refractivity contribution in [3.63, 3.8) is 0 Å². The molecular weight excluding hydrogens is 262 g/mol. The molecule has 1 unspecified atom stereocenters. The van der Waals surface area contributed by atoms with Gasteiger partial charge in [0.2, 0.25) is 0 Å². The maximum Gasteiger partial charge on any atom is 0.148 e. The van der Waals surface area contributed by atoms with Gasteiger partial charge >= 0.3 is 0 Å². The number of halogens is 1. The standard InChI is InChI=1S/C13H14ClN5/c1-10(8-15)18-4-6-19(7-5-18)13-12(14)11(9-16)2-3-17-13/h2-3,10H,4-7H2,1H3. The van der Waals surface area contributed by atoms with Crippen LogP contribution in [0.2, 0.25) is 5.02 Å². The highest BCUT2D eigenvalue weighted by Gasteiger charge is 2.23. The van der Waals surface area contributed by atoms with Crippen LogP contribution in [0.15, 0.2) is 12.3 Å². The van der Waals surface area contributed by atoms with Crippen LogP contribution >= 0.6 is 11.6 Å². The van der Waals surface area contributed by atoms with Crippen LogP contribution in [0, 0.1) is 22.7 Å². The highest BCUT2D eigenvalue weighted by Crippen LogP contribution is 2.27. The third-order valence-electron chi connectivity index (χ3n) is 3.34. The van der Waals surface area contributed by atoms with E-state index < -0.39 is 0 Å². The fourth-order valence-electron chi connectivity index (χ4n) is 2.14. The molecule has 2 heterocycles. The van der Waals surface area contributed by atoms with E-state index in [2.05, 4.69) is 26.9 Å². The number of rotatable bonds is 2. The minimum absolute atomic E-state index is 0.0731. The van der Waals surface area contributed by atoms with Gasteiger partial charge in [-0.3, -0.25) is 4.90 Å². The lowest BCUT2D eigenvalue weighted by Crippen LogP contribution is -2.49. The molecule has 0 radical (unpaired) electrons. The summed E-state index contributed by atoms with van der Waals surface area (Å²) in [6.45, 7) is 5.01. The van der Waals surface area contributed by atoms with Gasteiger partial charge in [0.1, 0.15) is 16.9 Å². The number of anilines is 1. The molecule has 1 aromatic heterocycles. The van der Waals surface area contributed by atoms with Gasteiger partial charge in [0.05, 0.1) is 17.7 Å². The Morgan fingerprint density at radius 1 is 1.32 bits per heavy atom. The van der Waals surface area contributed by atoms with Gasteiger partial charge in [0.25, 0.3) is 0 Å². The number of piperazine rings is 1. The summed E-state index contributed by atoms with van der Waals surface area (Å²) in [6, 6.07) is 5.84. The molecule has 19 heavy (non-hydrogen) atoms. The molecule has 1 aromatic rings. The summed E-state index contributed by atoms with van der Waals surface area (Å²) in [7, 11) is 0. The van der Waals surface area contributed by atoms with Gasteiger partial charge in [-0.25, -0.2) is 4.98 Å². The molecule has 6 heteroatoms. The zero-order valence-electron chi connectivity index (χ0n) is 10.7. The molecule has 1 aliphatic rings. The number of pyridine rings is 1. The molecule has 0 aliphatic carbocycles. The molecule has 5 nitrogen and oxygen atoms in total. The number of nitrogens with zero attached hydrogens (tertiary/aromatic N) is 5. The van der Waals surface area contributed by atoms with Crippen molar-refractivity contribution >= 4 is 17.4 Å². The van der Waals surface area contributed by atoms with Crippen LogP contribution in [-0.4, -0.2) is 42.1 Å². The summed E-state index contributed by atoms with van der Waals surface area (Å²) in [6.07, 6.45) is 1.60. The molecule has 0 aromatic carbocycles. The third-order valence-corrected chi connectivity index (χ3v) is 3.71. The van der Waals surface area contributed by atoms with Gasteiger partial charge in [-0.15, -0.1) is 0 Å². The van der Waals surface area contributed by atoms with Crippen LogP contribution in [0.4, 0.5) is 5.82 Å². The van der Waals surface area contributed by atoms with Crippen molar-refractivity contribution in [2.24, 2.45) is 0 Å². The van der Waals surface area contributed by atoms with E-state index in [-0.39, 0.29) is 6.04 Å². The SMILES string of the molecule is CC(C#N)N1CCN(c2nccc(C#N)c2Cl)CC1. The smallest absolute Gasteiger partial charge is 0.148 e. The van der Waals surface area contributed by atoms with Crippen molar-refractivity contribution in [3.05, 3.63) is 22.8 Å². The first-order chi connectivity index (χ1) is 9.17. The predicted molar refractivity (Wildman–Crippen MR) is 72.8 cm³/mol. The second-order valence-corrected chi connectivity index (χ2v) is 4.81. The van der Waals surface area contributed by atoms with Gasteiger partial charge < -0.3 is 4.90 Å². The van der Waals surface area contributed by atoms with Crippen molar-refractivity contribution < 1.29 is 0 Å².